The highest BCUT2D eigenvalue weighted by Gasteiger charge is 2.40. The molecule has 1 aromatic rings. The molecule has 0 aliphatic rings. The Labute approximate surface area is 58.8 Å². The maximum absolute atomic E-state index is 11.8. The number of rotatable bonds is 1. The molecule has 0 saturated carbocycles. The van der Waals surface area contributed by atoms with Crippen molar-refractivity contribution in [3.05, 3.63) is 5.82 Å². The smallest absolute Gasteiger partial charge is 0.314 e. The fraction of sp³-hybridized carbons (Fsp3) is 0.667. The molecule has 1 aromatic heterocycles. The van der Waals surface area contributed by atoms with E-state index < -0.39 is 18.0 Å². The van der Waals surface area contributed by atoms with Crippen molar-refractivity contribution in [1.29, 1.82) is 0 Å². The van der Waals surface area contributed by atoms with Crippen LogP contribution < -0.4 is 5.73 Å². The van der Waals surface area contributed by atoms with Crippen molar-refractivity contribution >= 4 is 0 Å². The summed E-state index contributed by atoms with van der Waals surface area (Å²) in [5.41, 5.74) is 4.71. The zero-order valence-corrected chi connectivity index (χ0v) is 5.13. The number of H-pyrrole nitrogens is 1. The molecule has 62 valence electrons. The predicted octanol–water partition coefficient (Wildman–Crippen LogP) is -0.238. The molecule has 0 fully saturated rings. The lowest BCUT2D eigenvalue weighted by Crippen LogP contribution is -2.29. The highest BCUT2D eigenvalue weighted by molar-refractivity contribution is 4.90. The molecule has 1 unspecified atom stereocenters. The molecule has 0 bridgehead atoms. The Balaban J connectivity index is 2.78. The Morgan fingerprint density at radius 1 is 1.45 bits per heavy atom. The number of halogens is 3. The summed E-state index contributed by atoms with van der Waals surface area (Å²) < 4.78 is 35.3. The number of nitrogens with zero attached hydrogens (tertiary/aromatic N) is 3. The standard InChI is InChI=1S/C3H4F3N5/c4-3(5,6)1(7)2-8-10-11-9-2/h1H,7H2,(H,8,9,10,11). The van der Waals surface area contributed by atoms with E-state index in [4.69, 9.17) is 5.73 Å². The van der Waals surface area contributed by atoms with Gasteiger partial charge in [-0.25, -0.2) is 0 Å². The fourth-order valence-corrected chi connectivity index (χ4v) is 0.448. The summed E-state index contributed by atoms with van der Waals surface area (Å²) >= 11 is 0. The first-order valence-electron chi connectivity index (χ1n) is 2.57. The van der Waals surface area contributed by atoms with Crippen LogP contribution in [0, 0.1) is 0 Å². The van der Waals surface area contributed by atoms with Crippen molar-refractivity contribution in [3.63, 3.8) is 0 Å². The van der Waals surface area contributed by atoms with Crippen molar-refractivity contribution in [2.45, 2.75) is 12.2 Å². The first-order chi connectivity index (χ1) is 5.02. The van der Waals surface area contributed by atoms with Gasteiger partial charge in [-0.2, -0.15) is 18.4 Å². The van der Waals surface area contributed by atoms with Gasteiger partial charge in [-0.15, -0.1) is 10.2 Å². The third kappa shape index (κ3) is 1.64. The SMILES string of the molecule is NC(c1nn[nH]n1)C(F)(F)F. The molecule has 8 heteroatoms. The van der Waals surface area contributed by atoms with Gasteiger partial charge < -0.3 is 5.73 Å². The van der Waals surface area contributed by atoms with Crippen LogP contribution in [-0.2, 0) is 0 Å². The van der Waals surface area contributed by atoms with Crippen LogP contribution >= 0.6 is 0 Å². The third-order valence-electron chi connectivity index (χ3n) is 0.993. The van der Waals surface area contributed by atoms with Crippen molar-refractivity contribution in [1.82, 2.24) is 20.6 Å². The monoisotopic (exact) mass is 167 g/mol. The quantitative estimate of drug-likeness (QED) is 0.604. The van der Waals surface area contributed by atoms with E-state index in [-0.39, 0.29) is 0 Å². The van der Waals surface area contributed by atoms with E-state index in [0.717, 1.165) is 0 Å². The summed E-state index contributed by atoms with van der Waals surface area (Å²) in [7, 11) is 0. The fourth-order valence-electron chi connectivity index (χ4n) is 0.448. The zero-order chi connectivity index (χ0) is 8.48. The van der Waals surface area contributed by atoms with E-state index in [2.05, 4.69) is 15.4 Å². The summed E-state index contributed by atoms with van der Waals surface area (Å²) in [6, 6.07) is -2.17. The number of aromatic amines is 1. The number of aromatic nitrogens is 4. The van der Waals surface area contributed by atoms with Gasteiger partial charge in [-0.05, 0) is 0 Å². The van der Waals surface area contributed by atoms with Crippen LogP contribution in [0.5, 0.6) is 0 Å². The Morgan fingerprint density at radius 3 is 2.45 bits per heavy atom. The van der Waals surface area contributed by atoms with Gasteiger partial charge in [0.2, 0.25) is 0 Å². The molecule has 1 atom stereocenters. The number of hydrogen-bond acceptors (Lipinski definition) is 4. The predicted molar refractivity (Wildman–Crippen MR) is 27.2 cm³/mol. The van der Waals surface area contributed by atoms with Crippen molar-refractivity contribution < 1.29 is 13.2 Å². The molecule has 0 aliphatic heterocycles. The van der Waals surface area contributed by atoms with E-state index >= 15 is 0 Å². The van der Waals surface area contributed by atoms with Crippen LogP contribution in [0.15, 0.2) is 0 Å². The second-order valence-corrected chi connectivity index (χ2v) is 1.79. The van der Waals surface area contributed by atoms with E-state index in [0.29, 0.717) is 0 Å². The molecule has 0 amide bonds. The van der Waals surface area contributed by atoms with E-state index in [9.17, 15) is 13.2 Å². The molecule has 0 spiro atoms. The lowest BCUT2D eigenvalue weighted by Gasteiger charge is -2.10. The molecule has 0 aliphatic carbocycles. The van der Waals surface area contributed by atoms with Crippen molar-refractivity contribution in [2.24, 2.45) is 5.73 Å². The number of hydrogen-bond donors (Lipinski definition) is 2. The second kappa shape index (κ2) is 2.46. The van der Waals surface area contributed by atoms with Gasteiger partial charge in [0.25, 0.3) is 0 Å². The van der Waals surface area contributed by atoms with Crippen LogP contribution in [0.4, 0.5) is 13.2 Å². The van der Waals surface area contributed by atoms with Crippen LogP contribution in [0.2, 0.25) is 0 Å². The van der Waals surface area contributed by atoms with Crippen LogP contribution in [0.1, 0.15) is 11.9 Å². The van der Waals surface area contributed by atoms with E-state index in [1.54, 1.807) is 0 Å². The Bertz CT molecular complexity index is 215. The van der Waals surface area contributed by atoms with Crippen LogP contribution in [0.3, 0.4) is 0 Å². The maximum atomic E-state index is 11.8. The maximum Gasteiger partial charge on any atom is 0.410 e. The van der Waals surface area contributed by atoms with Gasteiger partial charge in [0, 0.05) is 0 Å². The molecule has 1 rings (SSSR count). The molecule has 11 heavy (non-hydrogen) atoms. The average molecular weight is 167 g/mol. The molecule has 5 nitrogen and oxygen atoms in total. The first kappa shape index (κ1) is 7.92. The Hall–Kier alpha value is -1.18. The largest absolute Gasteiger partial charge is 0.410 e. The zero-order valence-electron chi connectivity index (χ0n) is 5.13. The van der Waals surface area contributed by atoms with Crippen molar-refractivity contribution in [2.75, 3.05) is 0 Å². The first-order valence-corrected chi connectivity index (χ1v) is 2.57. The van der Waals surface area contributed by atoms with Crippen LogP contribution in [0.25, 0.3) is 0 Å². The summed E-state index contributed by atoms with van der Waals surface area (Å²) in [6.07, 6.45) is -4.52. The second-order valence-electron chi connectivity index (χ2n) is 1.79. The summed E-state index contributed by atoms with van der Waals surface area (Å²) in [5.74, 6) is -0.558. The molecular weight excluding hydrogens is 163 g/mol. The molecule has 0 saturated heterocycles. The summed E-state index contributed by atoms with van der Waals surface area (Å²) in [4.78, 5) is 0. The Kier molecular flexibility index (Phi) is 1.77. The number of alkyl halides is 3. The average Bonchev–Trinajstić information content (AvgIpc) is 2.34. The Morgan fingerprint density at radius 2 is 2.09 bits per heavy atom. The lowest BCUT2D eigenvalue weighted by atomic mass is 10.3. The minimum absolute atomic E-state index is 0.558. The van der Waals surface area contributed by atoms with Gasteiger partial charge in [0.1, 0.15) is 0 Å². The number of nitrogens with two attached hydrogens (primary N) is 1. The number of tetrazole rings is 1. The topological polar surface area (TPSA) is 80.5 Å². The molecule has 1 heterocycles. The molecule has 3 N–H and O–H groups in total. The minimum atomic E-state index is -4.52. The van der Waals surface area contributed by atoms with Gasteiger partial charge in [-0.1, -0.05) is 5.21 Å². The van der Waals surface area contributed by atoms with Crippen LogP contribution in [-0.4, -0.2) is 26.8 Å². The van der Waals surface area contributed by atoms with Gasteiger partial charge in [0.15, 0.2) is 11.9 Å². The highest BCUT2D eigenvalue weighted by Crippen LogP contribution is 2.27. The van der Waals surface area contributed by atoms with E-state index in [1.165, 1.54) is 0 Å². The van der Waals surface area contributed by atoms with Gasteiger partial charge >= 0.3 is 6.18 Å². The third-order valence-corrected chi connectivity index (χ3v) is 0.993. The molecular formula is C3H4F3N5. The number of nitrogens with one attached hydrogen (secondary N) is 1. The minimum Gasteiger partial charge on any atom is -0.314 e. The lowest BCUT2D eigenvalue weighted by molar-refractivity contribution is -0.150. The van der Waals surface area contributed by atoms with Gasteiger partial charge in [0.05, 0.1) is 0 Å². The molecule has 0 aromatic carbocycles. The summed E-state index contributed by atoms with van der Waals surface area (Å²) in [6.45, 7) is 0. The molecule has 0 radical (unpaired) electrons. The summed E-state index contributed by atoms with van der Waals surface area (Å²) in [5, 5.41) is 11.0. The normalized spacial score (nSPS) is 14.9. The van der Waals surface area contributed by atoms with Crippen molar-refractivity contribution in [3.8, 4) is 0 Å². The highest BCUT2D eigenvalue weighted by atomic mass is 19.4. The van der Waals surface area contributed by atoms with Gasteiger partial charge in [-0.3, -0.25) is 0 Å². The van der Waals surface area contributed by atoms with E-state index in [1.807, 2.05) is 5.21 Å².